The maximum absolute atomic E-state index is 4.51. The first kappa shape index (κ1) is 14.1. The molecule has 4 rings (SSSR count). The van der Waals surface area contributed by atoms with Gasteiger partial charge in [-0.2, -0.15) is 9.97 Å². The van der Waals surface area contributed by atoms with Gasteiger partial charge < -0.3 is 15.6 Å². The average Bonchev–Trinajstić information content (AvgIpc) is 3.08. The number of imidazole rings is 1. The summed E-state index contributed by atoms with van der Waals surface area (Å²) in [4.78, 5) is 20.5. The van der Waals surface area contributed by atoms with Crippen LogP contribution in [0.2, 0.25) is 0 Å². The van der Waals surface area contributed by atoms with Gasteiger partial charge in [0.2, 0.25) is 5.95 Å². The maximum atomic E-state index is 4.51. The molecule has 0 aliphatic rings. The molecule has 118 valence electrons. The molecule has 0 radical (unpaired) electrons. The van der Waals surface area contributed by atoms with E-state index in [2.05, 4.69) is 42.1 Å². The number of aromatic amines is 1. The molecule has 7 nitrogen and oxygen atoms in total. The summed E-state index contributed by atoms with van der Waals surface area (Å²) in [6, 6.07) is 9.86. The van der Waals surface area contributed by atoms with E-state index in [0.717, 1.165) is 16.6 Å². The van der Waals surface area contributed by atoms with Crippen LogP contribution >= 0.6 is 0 Å². The first-order valence-electron chi connectivity index (χ1n) is 7.51. The lowest BCUT2D eigenvalue weighted by molar-refractivity contribution is 1.17. The van der Waals surface area contributed by atoms with E-state index in [1.807, 2.05) is 30.3 Å². The van der Waals surface area contributed by atoms with Gasteiger partial charge in [0, 0.05) is 23.8 Å². The molecule has 4 aromatic rings. The van der Waals surface area contributed by atoms with E-state index in [-0.39, 0.29) is 0 Å². The maximum Gasteiger partial charge on any atom is 0.231 e. The zero-order valence-electron chi connectivity index (χ0n) is 12.8. The van der Waals surface area contributed by atoms with Gasteiger partial charge in [-0.15, -0.1) is 6.58 Å². The summed E-state index contributed by atoms with van der Waals surface area (Å²) in [5.74, 6) is 1.15. The van der Waals surface area contributed by atoms with Crippen molar-refractivity contribution >= 4 is 39.5 Å². The predicted molar refractivity (Wildman–Crippen MR) is 95.4 cm³/mol. The van der Waals surface area contributed by atoms with Crippen LogP contribution in [0.4, 0.5) is 17.5 Å². The molecule has 3 heterocycles. The van der Waals surface area contributed by atoms with Crippen LogP contribution in [0.25, 0.3) is 22.1 Å². The smallest absolute Gasteiger partial charge is 0.231 e. The number of hydrogen-bond donors (Lipinski definition) is 3. The number of nitrogens with zero attached hydrogens (tertiary/aromatic N) is 4. The third kappa shape index (κ3) is 2.63. The van der Waals surface area contributed by atoms with Gasteiger partial charge in [0.05, 0.1) is 11.8 Å². The second-order valence-corrected chi connectivity index (χ2v) is 5.20. The Kier molecular flexibility index (Phi) is 3.51. The van der Waals surface area contributed by atoms with Gasteiger partial charge in [-0.3, -0.25) is 4.98 Å². The highest BCUT2D eigenvalue weighted by Crippen LogP contribution is 2.23. The monoisotopic (exact) mass is 317 g/mol. The second kappa shape index (κ2) is 5.96. The molecule has 7 heteroatoms. The summed E-state index contributed by atoms with van der Waals surface area (Å²) in [7, 11) is 0. The lowest BCUT2D eigenvalue weighted by Crippen LogP contribution is -2.05. The SMILES string of the molecule is C=CCNc1nc(Nc2ccc3ncccc3c2)nc2[nH]cnc12. The molecule has 0 aliphatic carbocycles. The highest BCUT2D eigenvalue weighted by molar-refractivity contribution is 5.85. The molecule has 1 aromatic carbocycles. The molecule has 3 N–H and O–H groups in total. The van der Waals surface area contributed by atoms with Gasteiger partial charge >= 0.3 is 0 Å². The fourth-order valence-electron chi connectivity index (χ4n) is 2.47. The molecule has 0 amide bonds. The van der Waals surface area contributed by atoms with E-state index in [9.17, 15) is 0 Å². The molecule has 24 heavy (non-hydrogen) atoms. The van der Waals surface area contributed by atoms with Gasteiger partial charge in [-0.1, -0.05) is 12.1 Å². The number of anilines is 3. The van der Waals surface area contributed by atoms with Crippen molar-refractivity contribution < 1.29 is 0 Å². The van der Waals surface area contributed by atoms with Gasteiger partial charge in [0.25, 0.3) is 0 Å². The molecule has 0 aliphatic heterocycles. The van der Waals surface area contributed by atoms with Gasteiger partial charge in [-0.05, 0) is 24.3 Å². The Hall–Kier alpha value is -3.48. The van der Waals surface area contributed by atoms with Crippen LogP contribution < -0.4 is 10.6 Å². The molecule has 0 saturated carbocycles. The highest BCUT2D eigenvalue weighted by atomic mass is 15.2. The van der Waals surface area contributed by atoms with Crippen LogP contribution in [-0.2, 0) is 0 Å². The third-order valence-corrected chi connectivity index (χ3v) is 3.55. The molecular formula is C17H15N7. The molecule has 0 spiro atoms. The Labute approximate surface area is 137 Å². The fourth-order valence-corrected chi connectivity index (χ4v) is 2.47. The Morgan fingerprint density at radius 1 is 1.17 bits per heavy atom. The minimum absolute atomic E-state index is 0.488. The average molecular weight is 317 g/mol. The summed E-state index contributed by atoms with van der Waals surface area (Å²) in [5, 5.41) is 7.46. The van der Waals surface area contributed by atoms with Crippen molar-refractivity contribution in [1.29, 1.82) is 0 Å². The Balaban J connectivity index is 1.70. The lowest BCUT2D eigenvalue weighted by Gasteiger charge is -2.09. The Morgan fingerprint density at radius 3 is 3.04 bits per heavy atom. The van der Waals surface area contributed by atoms with Crippen molar-refractivity contribution in [2.75, 3.05) is 17.2 Å². The Bertz CT molecular complexity index is 1020. The molecule has 0 fully saturated rings. The largest absolute Gasteiger partial charge is 0.365 e. The number of fused-ring (bicyclic) bond motifs is 2. The number of nitrogens with one attached hydrogen (secondary N) is 3. The molecule has 0 saturated heterocycles. The van der Waals surface area contributed by atoms with Crippen molar-refractivity contribution in [2.45, 2.75) is 0 Å². The van der Waals surface area contributed by atoms with Crippen LogP contribution in [0.5, 0.6) is 0 Å². The standard InChI is InChI=1S/C17H15N7/c1-2-7-19-15-14-16(21-10-20-14)24-17(23-15)22-12-5-6-13-11(9-12)4-3-8-18-13/h2-6,8-10H,1,7H2,(H3,19,20,21,22,23,24). The van der Waals surface area contributed by atoms with E-state index in [0.29, 0.717) is 29.5 Å². The van der Waals surface area contributed by atoms with Crippen LogP contribution in [-0.4, -0.2) is 31.5 Å². The van der Waals surface area contributed by atoms with Gasteiger partial charge in [0.15, 0.2) is 11.5 Å². The summed E-state index contributed by atoms with van der Waals surface area (Å²) in [5.41, 5.74) is 3.21. The fraction of sp³-hybridized carbons (Fsp3) is 0.0588. The first-order valence-corrected chi connectivity index (χ1v) is 7.51. The third-order valence-electron chi connectivity index (χ3n) is 3.55. The predicted octanol–water partition coefficient (Wildman–Crippen LogP) is 3.24. The summed E-state index contributed by atoms with van der Waals surface area (Å²) in [6.07, 6.45) is 5.15. The lowest BCUT2D eigenvalue weighted by atomic mass is 10.2. The van der Waals surface area contributed by atoms with Crippen LogP contribution in [0, 0.1) is 0 Å². The number of pyridine rings is 1. The highest BCUT2D eigenvalue weighted by Gasteiger charge is 2.10. The van der Waals surface area contributed by atoms with Crippen molar-refractivity contribution in [1.82, 2.24) is 24.9 Å². The van der Waals surface area contributed by atoms with Gasteiger partial charge in [0.1, 0.15) is 5.52 Å². The zero-order valence-corrected chi connectivity index (χ0v) is 12.8. The quantitative estimate of drug-likeness (QED) is 0.489. The van der Waals surface area contributed by atoms with Crippen molar-refractivity contribution in [3.8, 4) is 0 Å². The van der Waals surface area contributed by atoms with E-state index < -0.39 is 0 Å². The normalized spacial score (nSPS) is 10.8. The molecule has 3 aromatic heterocycles. The summed E-state index contributed by atoms with van der Waals surface area (Å²) >= 11 is 0. The molecule has 0 unspecified atom stereocenters. The van der Waals surface area contributed by atoms with Crippen LogP contribution in [0.3, 0.4) is 0 Å². The van der Waals surface area contributed by atoms with E-state index in [4.69, 9.17) is 0 Å². The van der Waals surface area contributed by atoms with Crippen molar-refractivity contribution in [3.63, 3.8) is 0 Å². The zero-order chi connectivity index (χ0) is 16.4. The first-order chi connectivity index (χ1) is 11.8. The van der Waals surface area contributed by atoms with E-state index in [1.165, 1.54) is 0 Å². The minimum Gasteiger partial charge on any atom is -0.365 e. The second-order valence-electron chi connectivity index (χ2n) is 5.20. The number of hydrogen-bond acceptors (Lipinski definition) is 6. The van der Waals surface area contributed by atoms with Crippen LogP contribution in [0.15, 0.2) is 55.5 Å². The topological polar surface area (TPSA) is 91.4 Å². The number of rotatable bonds is 5. The van der Waals surface area contributed by atoms with Gasteiger partial charge in [-0.25, -0.2) is 4.98 Å². The summed E-state index contributed by atoms with van der Waals surface area (Å²) in [6.45, 7) is 4.30. The summed E-state index contributed by atoms with van der Waals surface area (Å²) < 4.78 is 0. The molecule has 0 bridgehead atoms. The molecular weight excluding hydrogens is 302 g/mol. The van der Waals surface area contributed by atoms with Crippen LogP contribution in [0.1, 0.15) is 0 Å². The Morgan fingerprint density at radius 2 is 2.12 bits per heavy atom. The number of benzene rings is 1. The number of aromatic nitrogens is 5. The number of H-pyrrole nitrogens is 1. The van der Waals surface area contributed by atoms with Crippen molar-refractivity contribution in [3.05, 3.63) is 55.5 Å². The van der Waals surface area contributed by atoms with Crippen molar-refractivity contribution in [2.24, 2.45) is 0 Å². The molecule has 0 atom stereocenters. The van der Waals surface area contributed by atoms with E-state index in [1.54, 1.807) is 18.6 Å². The minimum atomic E-state index is 0.488. The van der Waals surface area contributed by atoms with E-state index >= 15 is 0 Å².